The van der Waals surface area contributed by atoms with Gasteiger partial charge in [-0.15, -0.1) is 0 Å². The molecule has 0 saturated carbocycles. The van der Waals surface area contributed by atoms with Crippen LogP contribution < -0.4 is 11.1 Å². The summed E-state index contributed by atoms with van der Waals surface area (Å²) in [6.07, 6.45) is 0.615. The molecule has 2 aliphatic rings. The number of amides is 3. The van der Waals surface area contributed by atoms with E-state index in [0.717, 1.165) is 0 Å². The zero-order valence-electron chi connectivity index (χ0n) is 14.9. The smallest absolute Gasteiger partial charge is 0.408 e. The molecule has 2 aromatic rings. The maximum atomic E-state index is 12.7. The number of nitrogens with zero attached hydrogens (tertiary/aromatic N) is 3. The van der Waals surface area contributed by atoms with Gasteiger partial charge in [-0.2, -0.15) is 0 Å². The maximum Gasteiger partial charge on any atom is 0.420 e. The number of rotatable bonds is 3. The van der Waals surface area contributed by atoms with Crippen LogP contribution in [0.2, 0.25) is 0 Å². The summed E-state index contributed by atoms with van der Waals surface area (Å²) in [6, 6.07) is 6.69. The molecule has 2 atom stereocenters. The lowest BCUT2D eigenvalue weighted by Gasteiger charge is -2.36. The van der Waals surface area contributed by atoms with Gasteiger partial charge in [-0.3, -0.25) is 19.0 Å². The van der Waals surface area contributed by atoms with Crippen molar-refractivity contribution in [3.05, 3.63) is 34.8 Å². The molecule has 0 radical (unpaired) electrons. The molecule has 0 aliphatic carbocycles. The van der Waals surface area contributed by atoms with Crippen LogP contribution in [0.4, 0.5) is 0 Å². The van der Waals surface area contributed by atoms with Crippen molar-refractivity contribution in [2.75, 3.05) is 19.6 Å². The normalized spacial score (nSPS) is 22.2. The second-order valence-electron chi connectivity index (χ2n) is 7.03. The van der Waals surface area contributed by atoms with Crippen molar-refractivity contribution < 1.29 is 18.8 Å². The summed E-state index contributed by atoms with van der Waals surface area (Å²) in [5.41, 5.74) is 0.970. The van der Waals surface area contributed by atoms with E-state index in [9.17, 15) is 19.2 Å². The van der Waals surface area contributed by atoms with Crippen LogP contribution >= 0.6 is 0 Å². The van der Waals surface area contributed by atoms with Crippen LogP contribution in [0.25, 0.3) is 11.1 Å². The summed E-state index contributed by atoms with van der Waals surface area (Å²) >= 11 is 0. The van der Waals surface area contributed by atoms with Crippen LogP contribution in [0, 0.1) is 0 Å². The average Bonchev–Trinajstić information content (AvgIpc) is 3.15. The Labute approximate surface area is 154 Å². The van der Waals surface area contributed by atoms with Gasteiger partial charge in [-0.25, -0.2) is 4.79 Å². The molecular weight excluding hydrogens is 352 g/mol. The Kier molecular flexibility index (Phi) is 4.21. The second-order valence-corrected chi connectivity index (χ2v) is 7.03. The van der Waals surface area contributed by atoms with Gasteiger partial charge in [0.2, 0.25) is 17.7 Å². The Balaban J connectivity index is 1.48. The van der Waals surface area contributed by atoms with Crippen molar-refractivity contribution in [2.24, 2.45) is 0 Å². The van der Waals surface area contributed by atoms with Crippen molar-refractivity contribution in [1.82, 2.24) is 19.7 Å². The Bertz CT molecular complexity index is 978. The van der Waals surface area contributed by atoms with Gasteiger partial charge in [0.1, 0.15) is 6.54 Å². The van der Waals surface area contributed by atoms with Gasteiger partial charge >= 0.3 is 5.76 Å². The summed E-state index contributed by atoms with van der Waals surface area (Å²) in [4.78, 5) is 51.7. The Morgan fingerprint density at radius 2 is 2.00 bits per heavy atom. The molecule has 4 rings (SSSR count). The van der Waals surface area contributed by atoms with Gasteiger partial charge in [-0.1, -0.05) is 12.1 Å². The number of fused-ring (bicyclic) bond motifs is 2. The molecule has 2 fully saturated rings. The number of carbonyl (C=O) groups is 3. The van der Waals surface area contributed by atoms with E-state index in [2.05, 4.69) is 5.32 Å². The SMILES string of the molecule is CC(=O)NC1CC2CN(C(=O)Cn3c(=O)oc4ccccc43)CC(=O)N2C1. The molecule has 0 bridgehead atoms. The van der Waals surface area contributed by atoms with Crippen LogP contribution in [0.5, 0.6) is 0 Å². The van der Waals surface area contributed by atoms with Gasteiger partial charge in [0.15, 0.2) is 5.58 Å². The number of hydrogen-bond donors (Lipinski definition) is 1. The minimum atomic E-state index is -0.596. The first-order chi connectivity index (χ1) is 12.9. The maximum absolute atomic E-state index is 12.7. The number of aromatic nitrogens is 1. The highest BCUT2D eigenvalue weighted by Gasteiger charge is 2.41. The lowest BCUT2D eigenvalue weighted by atomic mass is 10.1. The molecule has 9 nitrogen and oxygen atoms in total. The average molecular weight is 372 g/mol. The van der Waals surface area contributed by atoms with E-state index in [4.69, 9.17) is 4.42 Å². The number of hydrogen-bond acceptors (Lipinski definition) is 5. The standard InChI is InChI=1S/C18H20N4O5/c1-11(23)19-12-6-13-8-20(9-17(25)21(13)7-12)16(24)10-22-14-4-2-3-5-15(14)27-18(22)26/h2-5,12-13H,6-10H2,1H3,(H,19,23). The first-order valence-corrected chi connectivity index (χ1v) is 8.85. The highest BCUT2D eigenvalue weighted by molar-refractivity contribution is 5.87. The van der Waals surface area contributed by atoms with Gasteiger partial charge in [0.25, 0.3) is 0 Å². The third kappa shape index (κ3) is 3.20. The molecule has 142 valence electrons. The molecule has 3 heterocycles. The number of para-hydroxylation sites is 2. The zero-order valence-corrected chi connectivity index (χ0v) is 14.9. The molecule has 1 aromatic carbocycles. The van der Waals surface area contributed by atoms with Crippen molar-refractivity contribution in [3.8, 4) is 0 Å². The third-order valence-electron chi connectivity index (χ3n) is 5.12. The summed E-state index contributed by atoms with van der Waals surface area (Å²) in [6.45, 7) is 2.11. The van der Waals surface area contributed by atoms with Crippen LogP contribution in [0.1, 0.15) is 13.3 Å². The topological polar surface area (TPSA) is 105 Å². The molecule has 1 N–H and O–H groups in total. The minimum absolute atomic E-state index is 0.0212. The predicted molar refractivity (Wildman–Crippen MR) is 94.8 cm³/mol. The molecule has 2 unspecified atom stereocenters. The van der Waals surface area contributed by atoms with E-state index in [1.54, 1.807) is 29.2 Å². The van der Waals surface area contributed by atoms with Crippen molar-refractivity contribution >= 4 is 28.8 Å². The highest BCUT2D eigenvalue weighted by Crippen LogP contribution is 2.23. The van der Waals surface area contributed by atoms with Crippen molar-refractivity contribution in [2.45, 2.75) is 32.0 Å². The molecule has 1 aromatic heterocycles. The van der Waals surface area contributed by atoms with E-state index in [-0.39, 0.29) is 42.9 Å². The Hall–Kier alpha value is -3.10. The Morgan fingerprint density at radius 3 is 2.78 bits per heavy atom. The number of oxazole rings is 1. The van der Waals surface area contributed by atoms with Gasteiger partial charge in [0.05, 0.1) is 18.1 Å². The van der Waals surface area contributed by atoms with Crippen LogP contribution in [-0.4, -0.2) is 63.8 Å². The number of nitrogens with one attached hydrogen (secondary N) is 1. The summed E-state index contributed by atoms with van der Waals surface area (Å²) < 4.78 is 6.43. The van der Waals surface area contributed by atoms with E-state index in [1.807, 2.05) is 0 Å². The molecule has 2 saturated heterocycles. The summed E-state index contributed by atoms with van der Waals surface area (Å²) in [5.74, 6) is -1.18. The molecule has 3 amide bonds. The molecule has 2 aliphatic heterocycles. The van der Waals surface area contributed by atoms with Gasteiger partial charge < -0.3 is 19.5 Å². The lowest BCUT2D eigenvalue weighted by molar-refractivity contribution is -0.147. The monoisotopic (exact) mass is 372 g/mol. The first-order valence-electron chi connectivity index (χ1n) is 8.85. The van der Waals surface area contributed by atoms with E-state index in [1.165, 1.54) is 16.4 Å². The lowest BCUT2D eigenvalue weighted by Crippen LogP contribution is -2.56. The van der Waals surface area contributed by atoms with Crippen LogP contribution in [-0.2, 0) is 20.9 Å². The van der Waals surface area contributed by atoms with Gasteiger partial charge in [-0.05, 0) is 18.6 Å². The summed E-state index contributed by atoms with van der Waals surface area (Å²) in [5, 5.41) is 2.83. The van der Waals surface area contributed by atoms with E-state index < -0.39 is 5.76 Å². The second kappa shape index (κ2) is 6.57. The largest absolute Gasteiger partial charge is 0.420 e. The number of carbonyl (C=O) groups excluding carboxylic acids is 3. The van der Waals surface area contributed by atoms with Crippen molar-refractivity contribution in [3.63, 3.8) is 0 Å². The molecule has 0 spiro atoms. The highest BCUT2D eigenvalue weighted by atomic mass is 16.4. The minimum Gasteiger partial charge on any atom is -0.408 e. The van der Waals surface area contributed by atoms with Gasteiger partial charge in [0, 0.05) is 26.1 Å². The number of piperazine rings is 1. The van der Waals surface area contributed by atoms with Crippen LogP contribution in [0.3, 0.4) is 0 Å². The van der Waals surface area contributed by atoms with Crippen molar-refractivity contribution in [1.29, 1.82) is 0 Å². The molecular formula is C18H20N4O5. The molecule has 9 heteroatoms. The predicted octanol–water partition coefficient (Wildman–Crippen LogP) is -0.458. The number of benzene rings is 1. The third-order valence-corrected chi connectivity index (χ3v) is 5.12. The Morgan fingerprint density at radius 1 is 1.22 bits per heavy atom. The fourth-order valence-corrected chi connectivity index (χ4v) is 3.95. The quantitative estimate of drug-likeness (QED) is 0.785. The first kappa shape index (κ1) is 17.3. The summed E-state index contributed by atoms with van der Waals surface area (Å²) in [7, 11) is 0. The van der Waals surface area contributed by atoms with Crippen LogP contribution in [0.15, 0.2) is 33.5 Å². The molecule has 27 heavy (non-hydrogen) atoms. The fourth-order valence-electron chi connectivity index (χ4n) is 3.95. The van der Waals surface area contributed by atoms with E-state index in [0.29, 0.717) is 30.6 Å². The zero-order chi connectivity index (χ0) is 19.1. The van der Waals surface area contributed by atoms with E-state index >= 15 is 0 Å². The fraction of sp³-hybridized carbons (Fsp3) is 0.444.